The van der Waals surface area contributed by atoms with Gasteiger partial charge in [0.2, 0.25) is 0 Å². The number of fused-ring (bicyclic) bond motifs is 1. The second kappa shape index (κ2) is 6.93. The maximum atomic E-state index is 12.5. The quantitative estimate of drug-likeness (QED) is 0.301. The van der Waals surface area contributed by atoms with Crippen molar-refractivity contribution in [1.29, 1.82) is 0 Å². The van der Waals surface area contributed by atoms with E-state index in [1.807, 2.05) is 0 Å². The Morgan fingerprint density at radius 2 is 2.04 bits per heavy atom. The zero-order chi connectivity index (χ0) is 18.8. The topological polar surface area (TPSA) is 104 Å². The van der Waals surface area contributed by atoms with Crippen LogP contribution in [-0.2, 0) is 11.3 Å². The Labute approximate surface area is 151 Å². The number of carbonyl (C=O) groups is 1. The lowest BCUT2D eigenvalue weighted by Crippen LogP contribution is -2.29. The smallest absolute Gasteiger partial charge is 0.331 e. The van der Waals surface area contributed by atoms with Gasteiger partial charge in [0.05, 0.1) is 15.8 Å². The van der Waals surface area contributed by atoms with Crippen molar-refractivity contribution in [1.82, 2.24) is 9.55 Å². The van der Waals surface area contributed by atoms with Gasteiger partial charge in [0.1, 0.15) is 23.1 Å². The Balaban J connectivity index is 1.85. The molecule has 1 heterocycles. The lowest BCUT2D eigenvalue weighted by Gasteiger charge is -2.10. The number of carbonyl (C=O) groups excluding carboxylic acids is 1. The molecule has 0 atom stereocenters. The Morgan fingerprint density at radius 1 is 1.31 bits per heavy atom. The molecule has 3 aromatic rings. The molecule has 0 bridgehead atoms. The van der Waals surface area contributed by atoms with Crippen LogP contribution in [0.3, 0.4) is 0 Å². The summed E-state index contributed by atoms with van der Waals surface area (Å²) in [5.74, 6) is -0.311. The van der Waals surface area contributed by atoms with Gasteiger partial charge in [0.25, 0.3) is 11.2 Å². The fraction of sp³-hybridized carbons (Fsp3) is 0.118. The summed E-state index contributed by atoms with van der Waals surface area (Å²) in [5.41, 5.74) is -0.106. The minimum Gasteiger partial charge on any atom is -0.425 e. The summed E-state index contributed by atoms with van der Waals surface area (Å²) < 4.78 is 6.33. The normalized spacial score (nSPS) is 10.7. The number of aromatic nitrogens is 2. The molecule has 8 nitrogen and oxygen atoms in total. The summed E-state index contributed by atoms with van der Waals surface area (Å²) in [7, 11) is 0. The average molecular weight is 374 g/mol. The van der Waals surface area contributed by atoms with Gasteiger partial charge in [-0.25, -0.2) is 9.78 Å². The van der Waals surface area contributed by atoms with Crippen molar-refractivity contribution in [2.75, 3.05) is 0 Å². The molecule has 0 aliphatic rings. The molecule has 0 aliphatic carbocycles. The van der Waals surface area contributed by atoms with Crippen molar-refractivity contribution in [3.05, 3.63) is 73.8 Å². The van der Waals surface area contributed by atoms with E-state index in [9.17, 15) is 19.7 Å². The summed E-state index contributed by atoms with van der Waals surface area (Å²) >= 11 is 5.79. The van der Waals surface area contributed by atoms with Gasteiger partial charge in [-0.1, -0.05) is 23.7 Å². The number of esters is 1. The van der Waals surface area contributed by atoms with Crippen LogP contribution in [0.15, 0.2) is 47.3 Å². The van der Waals surface area contributed by atoms with Crippen molar-refractivity contribution in [3.63, 3.8) is 0 Å². The van der Waals surface area contributed by atoms with Crippen LogP contribution in [0.2, 0.25) is 5.02 Å². The van der Waals surface area contributed by atoms with Gasteiger partial charge < -0.3 is 4.74 Å². The molecule has 0 radical (unpaired) electrons. The van der Waals surface area contributed by atoms with Crippen LogP contribution in [0, 0.1) is 17.0 Å². The third kappa shape index (κ3) is 3.40. The van der Waals surface area contributed by atoms with E-state index in [-0.39, 0.29) is 28.6 Å². The molecule has 9 heteroatoms. The van der Waals surface area contributed by atoms with Crippen LogP contribution in [-0.4, -0.2) is 20.4 Å². The van der Waals surface area contributed by atoms with Gasteiger partial charge in [0, 0.05) is 12.1 Å². The van der Waals surface area contributed by atoms with Gasteiger partial charge >= 0.3 is 5.97 Å². The number of para-hydroxylation sites is 1. The van der Waals surface area contributed by atoms with Gasteiger partial charge in [-0.15, -0.1) is 0 Å². The molecular weight excluding hydrogens is 362 g/mol. The summed E-state index contributed by atoms with van der Waals surface area (Å²) in [5, 5.41) is 11.0. The van der Waals surface area contributed by atoms with Crippen molar-refractivity contribution < 1.29 is 14.5 Å². The highest BCUT2D eigenvalue weighted by molar-refractivity contribution is 6.32. The molecule has 26 heavy (non-hydrogen) atoms. The molecule has 0 unspecified atom stereocenters. The first-order valence-electron chi connectivity index (χ1n) is 7.47. The highest BCUT2D eigenvalue weighted by atomic mass is 35.5. The van der Waals surface area contributed by atoms with Crippen molar-refractivity contribution in [2.45, 2.75) is 13.5 Å². The minimum atomic E-state index is -0.725. The van der Waals surface area contributed by atoms with Crippen molar-refractivity contribution >= 4 is 34.2 Å². The third-order valence-electron chi connectivity index (χ3n) is 3.69. The average Bonchev–Trinajstić information content (AvgIpc) is 2.58. The maximum Gasteiger partial charge on any atom is 0.331 e. The predicted octanol–water partition coefficient (Wildman–Crippen LogP) is 2.87. The van der Waals surface area contributed by atoms with Crippen LogP contribution in [0.1, 0.15) is 5.82 Å². The first-order valence-corrected chi connectivity index (χ1v) is 7.85. The number of hydrogen-bond donors (Lipinski definition) is 0. The van der Waals surface area contributed by atoms with E-state index in [4.69, 9.17) is 16.3 Å². The number of nitrogens with zero attached hydrogens (tertiary/aromatic N) is 3. The van der Waals surface area contributed by atoms with Crippen LogP contribution in [0.4, 0.5) is 5.69 Å². The summed E-state index contributed by atoms with van der Waals surface area (Å²) in [6.07, 6.45) is 0. The van der Waals surface area contributed by atoms with E-state index in [1.54, 1.807) is 31.2 Å². The highest BCUT2D eigenvalue weighted by Crippen LogP contribution is 2.28. The molecule has 0 N–H and O–H groups in total. The van der Waals surface area contributed by atoms with Gasteiger partial charge in [-0.3, -0.25) is 19.5 Å². The molecule has 1 aromatic heterocycles. The summed E-state index contributed by atoms with van der Waals surface area (Å²) in [6.45, 7) is 1.26. The Hall–Kier alpha value is -3.26. The zero-order valence-corrected chi connectivity index (χ0v) is 14.3. The second-order valence-corrected chi connectivity index (χ2v) is 5.82. The lowest BCUT2D eigenvalue weighted by atomic mass is 10.2. The van der Waals surface area contributed by atoms with Crippen molar-refractivity contribution in [3.8, 4) is 5.75 Å². The SMILES string of the molecule is Cc1nc2ccccc2c(=O)n1CC(=O)Oc1ccc([N+](=O)[O-])c(Cl)c1. The van der Waals surface area contributed by atoms with Gasteiger partial charge in [0.15, 0.2) is 0 Å². The number of aryl methyl sites for hydroxylation is 1. The molecule has 2 aromatic carbocycles. The molecule has 0 saturated heterocycles. The van der Waals surface area contributed by atoms with Crippen LogP contribution in [0.25, 0.3) is 10.9 Å². The van der Waals surface area contributed by atoms with Crippen LogP contribution >= 0.6 is 11.6 Å². The highest BCUT2D eigenvalue weighted by Gasteiger charge is 2.16. The number of benzene rings is 2. The Morgan fingerprint density at radius 3 is 2.73 bits per heavy atom. The molecule has 0 amide bonds. The number of ether oxygens (including phenoxy) is 1. The van der Waals surface area contributed by atoms with E-state index in [0.29, 0.717) is 16.7 Å². The van der Waals surface area contributed by atoms with E-state index < -0.39 is 10.9 Å². The summed E-state index contributed by atoms with van der Waals surface area (Å²) in [4.78, 5) is 39.1. The Bertz CT molecular complexity index is 1090. The van der Waals surface area contributed by atoms with Crippen LogP contribution in [0.5, 0.6) is 5.75 Å². The molecule has 0 aliphatic heterocycles. The largest absolute Gasteiger partial charge is 0.425 e. The van der Waals surface area contributed by atoms with Crippen LogP contribution < -0.4 is 10.3 Å². The van der Waals surface area contributed by atoms with E-state index in [0.717, 1.165) is 6.07 Å². The third-order valence-corrected chi connectivity index (χ3v) is 3.99. The molecule has 0 saturated carbocycles. The predicted molar refractivity (Wildman–Crippen MR) is 94.5 cm³/mol. The maximum absolute atomic E-state index is 12.5. The number of rotatable bonds is 4. The minimum absolute atomic E-state index is 0.0463. The first kappa shape index (κ1) is 17.6. The molecule has 3 rings (SSSR count). The first-order chi connectivity index (χ1) is 12.4. The second-order valence-electron chi connectivity index (χ2n) is 5.41. The standard InChI is InChI=1S/C17H12ClN3O5/c1-10-19-14-5-3-2-4-12(14)17(23)20(10)9-16(22)26-11-6-7-15(21(24)25)13(18)8-11/h2-8H,9H2,1H3. The fourth-order valence-electron chi connectivity index (χ4n) is 2.46. The molecule has 0 fully saturated rings. The summed E-state index contributed by atoms with van der Waals surface area (Å²) in [6, 6.07) is 10.4. The van der Waals surface area contributed by atoms with E-state index in [1.165, 1.54) is 16.7 Å². The number of nitro groups is 1. The molecule has 0 spiro atoms. The zero-order valence-electron chi connectivity index (χ0n) is 13.5. The van der Waals surface area contributed by atoms with Gasteiger partial charge in [-0.2, -0.15) is 0 Å². The molecular formula is C17H12ClN3O5. The molecule has 132 valence electrons. The fourth-order valence-corrected chi connectivity index (χ4v) is 2.70. The van der Waals surface area contributed by atoms with E-state index >= 15 is 0 Å². The van der Waals surface area contributed by atoms with Gasteiger partial charge in [-0.05, 0) is 25.1 Å². The van der Waals surface area contributed by atoms with Crippen molar-refractivity contribution in [2.24, 2.45) is 0 Å². The number of nitro benzene ring substituents is 1. The monoisotopic (exact) mass is 373 g/mol. The number of halogens is 1. The Kier molecular flexibility index (Phi) is 4.68. The lowest BCUT2D eigenvalue weighted by molar-refractivity contribution is -0.384. The van der Waals surface area contributed by atoms with E-state index in [2.05, 4.69) is 4.98 Å². The number of hydrogen-bond acceptors (Lipinski definition) is 6.